The first kappa shape index (κ1) is 12.3. The molecule has 17 heavy (non-hydrogen) atoms. The molecule has 0 fully saturated rings. The molecule has 0 N–H and O–H groups in total. The Morgan fingerprint density at radius 2 is 2.00 bits per heavy atom. The SMILES string of the molecule is Cn1nc(-c2ccc(Cl)cc2Cl)c(Cl)c1C#N. The van der Waals surface area contributed by atoms with Gasteiger partial charge in [0.15, 0.2) is 5.69 Å². The summed E-state index contributed by atoms with van der Waals surface area (Å²) >= 11 is 18.0. The van der Waals surface area contributed by atoms with Gasteiger partial charge in [-0.05, 0) is 18.2 Å². The van der Waals surface area contributed by atoms with Crippen molar-refractivity contribution < 1.29 is 0 Å². The number of rotatable bonds is 1. The van der Waals surface area contributed by atoms with E-state index in [2.05, 4.69) is 5.10 Å². The molecule has 2 aromatic rings. The van der Waals surface area contributed by atoms with Gasteiger partial charge >= 0.3 is 0 Å². The molecule has 6 heteroatoms. The number of hydrogen-bond acceptors (Lipinski definition) is 2. The van der Waals surface area contributed by atoms with Crippen molar-refractivity contribution in [1.82, 2.24) is 9.78 Å². The molecule has 86 valence electrons. The Morgan fingerprint density at radius 3 is 2.53 bits per heavy atom. The van der Waals surface area contributed by atoms with Crippen molar-refractivity contribution in [3.63, 3.8) is 0 Å². The lowest BCUT2D eigenvalue weighted by atomic mass is 10.1. The van der Waals surface area contributed by atoms with Crippen LogP contribution < -0.4 is 0 Å². The Labute approximate surface area is 113 Å². The Hall–Kier alpha value is -1.21. The van der Waals surface area contributed by atoms with Crippen molar-refractivity contribution in [2.75, 3.05) is 0 Å². The van der Waals surface area contributed by atoms with E-state index in [1.807, 2.05) is 6.07 Å². The normalized spacial score (nSPS) is 10.3. The first-order valence-electron chi connectivity index (χ1n) is 4.62. The second kappa shape index (κ2) is 4.58. The molecule has 0 radical (unpaired) electrons. The summed E-state index contributed by atoms with van der Waals surface area (Å²) in [6.45, 7) is 0. The molecule has 1 aromatic carbocycles. The zero-order valence-electron chi connectivity index (χ0n) is 8.71. The van der Waals surface area contributed by atoms with Crippen molar-refractivity contribution in [1.29, 1.82) is 5.26 Å². The summed E-state index contributed by atoms with van der Waals surface area (Å²) in [7, 11) is 1.65. The average molecular weight is 287 g/mol. The molecule has 1 heterocycles. The Bertz CT molecular complexity index is 626. The number of hydrogen-bond donors (Lipinski definition) is 0. The number of aryl methyl sites for hydroxylation is 1. The number of aromatic nitrogens is 2. The fourth-order valence-corrected chi connectivity index (χ4v) is 2.28. The van der Waals surface area contributed by atoms with Crippen LogP contribution in [0.3, 0.4) is 0 Å². The lowest BCUT2D eigenvalue weighted by molar-refractivity contribution is 0.759. The molecule has 0 aliphatic heterocycles. The van der Waals surface area contributed by atoms with Gasteiger partial charge < -0.3 is 0 Å². The van der Waals surface area contributed by atoms with Crippen LogP contribution in [0.15, 0.2) is 18.2 Å². The fourth-order valence-electron chi connectivity index (χ4n) is 1.47. The molecule has 0 bridgehead atoms. The van der Waals surface area contributed by atoms with Gasteiger partial charge in [-0.15, -0.1) is 0 Å². The molecule has 0 saturated heterocycles. The van der Waals surface area contributed by atoms with Gasteiger partial charge in [0, 0.05) is 17.6 Å². The van der Waals surface area contributed by atoms with Crippen molar-refractivity contribution in [2.24, 2.45) is 7.05 Å². The molecule has 0 aliphatic carbocycles. The molecular weight excluding hydrogens is 281 g/mol. The second-order valence-corrected chi connectivity index (χ2v) is 4.59. The summed E-state index contributed by atoms with van der Waals surface area (Å²) in [6.07, 6.45) is 0. The van der Waals surface area contributed by atoms with E-state index < -0.39 is 0 Å². The van der Waals surface area contributed by atoms with Gasteiger partial charge in [0.25, 0.3) is 0 Å². The van der Waals surface area contributed by atoms with E-state index in [4.69, 9.17) is 40.1 Å². The Morgan fingerprint density at radius 1 is 1.29 bits per heavy atom. The summed E-state index contributed by atoms with van der Waals surface area (Å²) in [5.41, 5.74) is 1.43. The monoisotopic (exact) mass is 285 g/mol. The van der Waals surface area contributed by atoms with Crippen LogP contribution in [0.2, 0.25) is 15.1 Å². The van der Waals surface area contributed by atoms with Crippen LogP contribution in [-0.4, -0.2) is 9.78 Å². The molecule has 3 nitrogen and oxygen atoms in total. The van der Waals surface area contributed by atoms with Crippen LogP contribution in [0.1, 0.15) is 5.69 Å². The molecule has 0 spiro atoms. The van der Waals surface area contributed by atoms with E-state index in [9.17, 15) is 0 Å². The van der Waals surface area contributed by atoms with Gasteiger partial charge in [0.2, 0.25) is 0 Å². The van der Waals surface area contributed by atoms with Gasteiger partial charge in [-0.3, -0.25) is 4.68 Å². The quantitative estimate of drug-likeness (QED) is 0.797. The number of nitriles is 1. The Balaban J connectivity index is 2.66. The van der Waals surface area contributed by atoms with E-state index in [0.29, 0.717) is 32.0 Å². The number of nitrogens with zero attached hydrogens (tertiary/aromatic N) is 3. The largest absolute Gasteiger partial charge is 0.256 e. The summed E-state index contributed by atoms with van der Waals surface area (Å²) < 4.78 is 1.42. The molecular formula is C11H6Cl3N3. The molecule has 0 unspecified atom stereocenters. The minimum Gasteiger partial charge on any atom is -0.256 e. The molecule has 0 amide bonds. The lowest BCUT2D eigenvalue weighted by Gasteiger charge is -2.01. The summed E-state index contributed by atoms with van der Waals surface area (Å²) in [5, 5.41) is 14.4. The first-order valence-corrected chi connectivity index (χ1v) is 5.76. The minimum absolute atomic E-state index is 0.291. The minimum atomic E-state index is 0.291. The highest BCUT2D eigenvalue weighted by molar-refractivity contribution is 6.38. The van der Waals surface area contributed by atoms with Crippen molar-refractivity contribution in [2.45, 2.75) is 0 Å². The average Bonchev–Trinajstić information content (AvgIpc) is 2.54. The maximum atomic E-state index is 8.92. The molecule has 0 saturated carbocycles. The standard InChI is InChI=1S/C11H6Cl3N3/c1-17-9(5-15)10(14)11(16-17)7-3-2-6(12)4-8(7)13/h2-4H,1H3. The van der Waals surface area contributed by atoms with Crippen LogP contribution >= 0.6 is 34.8 Å². The van der Waals surface area contributed by atoms with Crippen LogP contribution in [0.5, 0.6) is 0 Å². The second-order valence-electron chi connectivity index (χ2n) is 3.37. The van der Waals surface area contributed by atoms with E-state index in [-0.39, 0.29) is 0 Å². The lowest BCUT2D eigenvalue weighted by Crippen LogP contribution is -1.93. The topological polar surface area (TPSA) is 41.6 Å². The van der Waals surface area contributed by atoms with Gasteiger partial charge in [-0.1, -0.05) is 34.8 Å². The van der Waals surface area contributed by atoms with Crippen molar-refractivity contribution in [3.8, 4) is 17.3 Å². The summed E-state index contributed by atoms with van der Waals surface area (Å²) in [4.78, 5) is 0. The smallest absolute Gasteiger partial charge is 0.157 e. The van der Waals surface area contributed by atoms with Crippen LogP contribution in [0.25, 0.3) is 11.3 Å². The first-order chi connectivity index (χ1) is 8.04. The molecule has 0 aliphatic rings. The molecule has 1 aromatic heterocycles. The fraction of sp³-hybridized carbons (Fsp3) is 0.0909. The maximum absolute atomic E-state index is 8.92. The van der Waals surface area contributed by atoms with E-state index in [1.165, 1.54) is 4.68 Å². The zero-order valence-corrected chi connectivity index (χ0v) is 11.0. The van der Waals surface area contributed by atoms with Gasteiger partial charge in [0.1, 0.15) is 16.8 Å². The van der Waals surface area contributed by atoms with Crippen LogP contribution in [-0.2, 0) is 7.05 Å². The van der Waals surface area contributed by atoms with Crippen molar-refractivity contribution in [3.05, 3.63) is 39.0 Å². The van der Waals surface area contributed by atoms with E-state index >= 15 is 0 Å². The predicted molar refractivity (Wildman–Crippen MR) is 68.4 cm³/mol. The summed E-state index contributed by atoms with van der Waals surface area (Å²) in [6, 6.07) is 7.01. The number of benzene rings is 1. The Kier molecular flexibility index (Phi) is 3.30. The van der Waals surface area contributed by atoms with E-state index in [0.717, 1.165) is 0 Å². The van der Waals surface area contributed by atoms with Crippen molar-refractivity contribution >= 4 is 34.8 Å². The third kappa shape index (κ3) is 2.12. The third-order valence-electron chi connectivity index (χ3n) is 2.28. The van der Waals surface area contributed by atoms with Gasteiger partial charge in [0.05, 0.1) is 5.02 Å². The molecule has 2 rings (SSSR count). The van der Waals surface area contributed by atoms with Gasteiger partial charge in [-0.2, -0.15) is 10.4 Å². The van der Waals surface area contributed by atoms with Crippen LogP contribution in [0, 0.1) is 11.3 Å². The summed E-state index contributed by atoms with van der Waals surface area (Å²) in [5.74, 6) is 0. The predicted octanol–water partition coefficient (Wildman–Crippen LogP) is 3.92. The highest BCUT2D eigenvalue weighted by atomic mass is 35.5. The van der Waals surface area contributed by atoms with E-state index in [1.54, 1.807) is 25.2 Å². The highest BCUT2D eigenvalue weighted by Gasteiger charge is 2.17. The maximum Gasteiger partial charge on any atom is 0.157 e. The number of halogens is 3. The third-order valence-corrected chi connectivity index (χ3v) is 3.19. The molecule has 0 atom stereocenters. The zero-order chi connectivity index (χ0) is 12.6. The highest BCUT2D eigenvalue weighted by Crippen LogP contribution is 2.35. The van der Waals surface area contributed by atoms with Crippen LogP contribution in [0.4, 0.5) is 0 Å². The van der Waals surface area contributed by atoms with Gasteiger partial charge in [-0.25, -0.2) is 0 Å².